The van der Waals surface area contributed by atoms with E-state index in [0.717, 1.165) is 40.4 Å². The molecule has 6 heteroatoms. The van der Waals surface area contributed by atoms with Crippen LogP contribution in [-0.2, 0) is 0 Å². The van der Waals surface area contributed by atoms with Gasteiger partial charge in [-0.1, -0.05) is 12.1 Å². The van der Waals surface area contributed by atoms with Gasteiger partial charge >= 0.3 is 0 Å². The Hall–Kier alpha value is -2.86. The topological polar surface area (TPSA) is 79.2 Å². The summed E-state index contributed by atoms with van der Waals surface area (Å²) in [6.45, 7) is 0.748. The highest BCUT2D eigenvalue weighted by Gasteiger charge is 2.26. The minimum Gasteiger partial charge on any atom is -0.399 e. The Morgan fingerprint density at radius 3 is 2.96 bits per heavy atom. The fourth-order valence-electron chi connectivity index (χ4n) is 3.26. The lowest BCUT2D eigenvalue weighted by atomic mass is 9.96. The summed E-state index contributed by atoms with van der Waals surface area (Å²) in [6.07, 6.45) is 3.87. The van der Waals surface area contributed by atoms with Gasteiger partial charge in [0.1, 0.15) is 5.65 Å². The third-order valence-corrected chi connectivity index (χ3v) is 4.43. The summed E-state index contributed by atoms with van der Waals surface area (Å²) >= 11 is 0. The molecule has 0 saturated heterocycles. The summed E-state index contributed by atoms with van der Waals surface area (Å²) in [6, 6.07) is 11.9. The van der Waals surface area contributed by atoms with Crippen LogP contribution < -0.4 is 5.73 Å². The molecule has 1 aliphatic heterocycles. The monoisotopic (exact) mass is 321 g/mol. The molecule has 0 radical (unpaired) electrons. The summed E-state index contributed by atoms with van der Waals surface area (Å²) < 4.78 is 2.05. The molecule has 1 unspecified atom stereocenters. The number of nitrogens with two attached hydrogens (primary N) is 1. The van der Waals surface area contributed by atoms with E-state index in [1.807, 2.05) is 53.1 Å². The SMILES string of the molecule is CN1CC(c2ccn3c(-c4cccc(N)c4)cnc3c2)C(CO)=N1. The van der Waals surface area contributed by atoms with Crippen LogP contribution in [0, 0.1) is 0 Å². The molecule has 4 rings (SSSR count). The van der Waals surface area contributed by atoms with Gasteiger partial charge in [-0.3, -0.25) is 9.41 Å². The quantitative estimate of drug-likeness (QED) is 0.723. The van der Waals surface area contributed by atoms with Crippen molar-refractivity contribution in [1.29, 1.82) is 0 Å². The number of aliphatic hydroxyl groups is 1. The summed E-state index contributed by atoms with van der Waals surface area (Å²) in [5, 5.41) is 15.7. The molecule has 1 aliphatic rings. The zero-order chi connectivity index (χ0) is 16.7. The van der Waals surface area contributed by atoms with Crippen molar-refractivity contribution in [2.45, 2.75) is 5.92 Å². The van der Waals surface area contributed by atoms with Gasteiger partial charge in [0, 0.05) is 37.0 Å². The van der Waals surface area contributed by atoms with Gasteiger partial charge in [0.15, 0.2) is 0 Å². The second-order valence-corrected chi connectivity index (χ2v) is 6.10. The lowest BCUT2D eigenvalue weighted by molar-refractivity contribution is 0.354. The van der Waals surface area contributed by atoms with E-state index in [9.17, 15) is 5.11 Å². The average molecular weight is 321 g/mol. The van der Waals surface area contributed by atoms with Crippen molar-refractivity contribution >= 4 is 17.0 Å². The molecule has 24 heavy (non-hydrogen) atoms. The number of aromatic nitrogens is 2. The fourth-order valence-corrected chi connectivity index (χ4v) is 3.26. The molecule has 0 bridgehead atoms. The number of fused-ring (bicyclic) bond motifs is 1. The number of nitrogen functional groups attached to an aromatic ring is 1. The minimum absolute atomic E-state index is 0.0246. The van der Waals surface area contributed by atoms with Crippen LogP contribution in [-0.4, -0.2) is 45.4 Å². The molecular formula is C18H19N5O. The maximum Gasteiger partial charge on any atom is 0.137 e. The molecule has 122 valence electrons. The van der Waals surface area contributed by atoms with Crippen molar-refractivity contribution in [2.24, 2.45) is 5.10 Å². The van der Waals surface area contributed by atoms with Crippen molar-refractivity contribution in [3.63, 3.8) is 0 Å². The Labute approximate surface area is 139 Å². The minimum atomic E-state index is -0.0246. The van der Waals surface area contributed by atoms with Crippen LogP contribution in [0.3, 0.4) is 0 Å². The Kier molecular flexibility index (Phi) is 3.46. The molecule has 0 amide bonds. The van der Waals surface area contributed by atoms with Crippen molar-refractivity contribution < 1.29 is 5.11 Å². The van der Waals surface area contributed by atoms with Crippen LogP contribution in [0.15, 0.2) is 53.9 Å². The lowest BCUT2D eigenvalue weighted by Crippen LogP contribution is -2.17. The van der Waals surface area contributed by atoms with Crippen LogP contribution in [0.5, 0.6) is 0 Å². The highest BCUT2D eigenvalue weighted by Crippen LogP contribution is 2.27. The first-order chi connectivity index (χ1) is 11.7. The molecule has 3 N–H and O–H groups in total. The molecule has 3 aromatic rings. The lowest BCUT2D eigenvalue weighted by Gasteiger charge is -2.13. The number of hydrogen-bond donors (Lipinski definition) is 2. The predicted molar refractivity (Wildman–Crippen MR) is 94.9 cm³/mol. The Morgan fingerprint density at radius 1 is 1.29 bits per heavy atom. The highest BCUT2D eigenvalue weighted by atomic mass is 16.3. The number of benzene rings is 1. The first-order valence-corrected chi connectivity index (χ1v) is 7.88. The summed E-state index contributed by atoms with van der Waals surface area (Å²) in [7, 11) is 1.92. The molecule has 1 aromatic carbocycles. The van der Waals surface area contributed by atoms with Crippen LogP contribution >= 0.6 is 0 Å². The van der Waals surface area contributed by atoms with Crippen LogP contribution in [0.25, 0.3) is 16.9 Å². The van der Waals surface area contributed by atoms with E-state index in [4.69, 9.17) is 5.73 Å². The normalized spacial score (nSPS) is 17.5. The Balaban J connectivity index is 1.75. The van der Waals surface area contributed by atoms with Crippen molar-refractivity contribution in [2.75, 3.05) is 25.9 Å². The zero-order valence-electron chi connectivity index (χ0n) is 13.4. The van der Waals surface area contributed by atoms with Gasteiger partial charge < -0.3 is 10.8 Å². The summed E-state index contributed by atoms with van der Waals surface area (Å²) in [4.78, 5) is 4.53. The van der Waals surface area contributed by atoms with Crippen LogP contribution in [0.2, 0.25) is 0 Å². The molecule has 6 nitrogen and oxygen atoms in total. The number of rotatable bonds is 3. The highest BCUT2D eigenvalue weighted by molar-refractivity contribution is 5.93. The molecule has 3 heterocycles. The van der Waals surface area contributed by atoms with Gasteiger partial charge in [-0.05, 0) is 29.8 Å². The third-order valence-electron chi connectivity index (χ3n) is 4.43. The maximum absolute atomic E-state index is 9.52. The number of pyridine rings is 1. The van der Waals surface area contributed by atoms with E-state index >= 15 is 0 Å². The van der Waals surface area contributed by atoms with E-state index in [0.29, 0.717) is 0 Å². The second kappa shape index (κ2) is 5.65. The smallest absolute Gasteiger partial charge is 0.137 e. The van der Waals surface area contributed by atoms with E-state index in [2.05, 4.69) is 22.2 Å². The Morgan fingerprint density at radius 2 is 2.17 bits per heavy atom. The third kappa shape index (κ3) is 2.41. The van der Waals surface area contributed by atoms with Gasteiger partial charge in [-0.2, -0.15) is 5.10 Å². The Bertz CT molecular complexity index is 930. The number of imidazole rings is 1. The second-order valence-electron chi connectivity index (χ2n) is 6.10. The number of likely N-dealkylation sites (N-methyl/N-ethyl adjacent to an activating group) is 1. The van der Waals surface area contributed by atoms with E-state index in [1.54, 1.807) is 0 Å². The first kappa shape index (κ1) is 14.7. The van der Waals surface area contributed by atoms with Crippen LogP contribution in [0.4, 0.5) is 5.69 Å². The van der Waals surface area contributed by atoms with Gasteiger partial charge in [0.2, 0.25) is 0 Å². The number of aliphatic hydroxyl groups excluding tert-OH is 1. The largest absolute Gasteiger partial charge is 0.399 e. The van der Waals surface area contributed by atoms with Crippen molar-refractivity contribution in [3.8, 4) is 11.3 Å². The number of nitrogens with zero attached hydrogens (tertiary/aromatic N) is 4. The van der Waals surface area contributed by atoms with Crippen molar-refractivity contribution in [3.05, 3.63) is 54.4 Å². The molecule has 1 atom stereocenters. The molecule has 0 spiro atoms. The fraction of sp³-hybridized carbons (Fsp3) is 0.222. The standard InChI is InChI=1S/C18H19N5O/c1-22-10-15(16(11-24)21-22)12-5-6-23-17(9-20-18(23)8-12)13-3-2-4-14(19)7-13/h2-9,15,24H,10-11,19H2,1H3. The molecular weight excluding hydrogens is 302 g/mol. The predicted octanol–water partition coefficient (Wildman–Crippen LogP) is 1.96. The molecule has 0 fully saturated rings. The molecule has 2 aromatic heterocycles. The van der Waals surface area contributed by atoms with E-state index < -0.39 is 0 Å². The van der Waals surface area contributed by atoms with Crippen LogP contribution in [0.1, 0.15) is 11.5 Å². The van der Waals surface area contributed by atoms with E-state index in [1.165, 1.54) is 0 Å². The van der Waals surface area contributed by atoms with E-state index in [-0.39, 0.29) is 12.5 Å². The first-order valence-electron chi connectivity index (χ1n) is 7.88. The summed E-state index contributed by atoms with van der Waals surface area (Å²) in [5.41, 5.74) is 11.4. The molecule has 0 saturated carbocycles. The average Bonchev–Trinajstić information content (AvgIpc) is 3.17. The number of hydrazone groups is 1. The van der Waals surface area contributed by atoms with Gasteiger partial charge in [0.25, 0.3) is 0 Å². The summed E-state index contributed by atoms with van der Waals surface area (Å²) in [5.74, 6) is 0.109. The van der Waals surface area contributed by atoms with Gasteiger partial charge in [-0.25, -0.2) is 4.98 Å². The maximum atomic E-state index is 9.52. The van der Waals surface area contributed by atoms with Gasteiger partial charge in [0.05, 0.1) is 24.2 Å². The zero-order valence-corrected chi connectivity index (χ0v) is 13.4. The number of hydrogen-bond acceptors (Lipinski definition) is 5. The number of anilines is 1. The van der Waals surface area contributed by atoms with Gasteiger partial charge in [-0.15, -0.1) is 0 Å². The molecule has 0 aliphatic carbocycles. The van der Waals surface area contributed by atoms with Crippen molar-refractivity contribution in [1.82, 2.24) is 14.4 Å².